The summed E-state index contributed by atoms with van der Waals surface area (Å²) >= 11 is 0. The first-order valence-electron chi connectivity index (χ1n) is 4.91. The van der Waals surface area contributed by atoms with Crippen LogP contribution < -0.4 is 10.6 Å². The Kier molecular flexibility index (Phi) is 11.2. The summed E-state index contributed by atoms with van der Waals surface area (Å²) in [5.74, 6) is -0.997. The van der Waals surface area contributed by atoms with Gasteiger partial charge in [0.25, 0.3) is 0 Å². The summed E-state index contributed by atoms with van der Waals surface area (Å²) in [6, 6.07) is 0. The van der Waals surface area contributed by atoms with Crippen LogP contribution in [0.1, 0.15) is 13.3 Å². The molecule has 0 unspecified atom stereocenters. The normalized spacial score (nSPS) is 8.71. The minimum atomic E-state index is -0.999. The van der Waals surface area contributed by atoms with Crippen molar-refractivity contribution >= 4 is 0 Å². The van der Waals surface area contributed by atoms with Crippen molar-refractivity contribution in [3.8, 4) is 0 Å². The largest absolute Gasteiger partial charge is 0.577 e. The van der Waals surface area contributed by atoms with Crippen molar-refractivity contribution in [1.29, 1.82) is 0 Å². The van der Waals surface area contributed by atoms with E-state index in [4.69, 9.17) is 5.11 Å². The van der Waals surface area contributed by atoms with E-state index in [1.807, 2.05) is 0 Å². The zero-order valence-electron chi connectivity index (χ0n) is 10.1. The molecule has 9 heteroatoms. The van der Waals surface area contributed by atoms with Crippen molar-refractivity contribution in [3.05, 3.63) is 31.7 Å². The van der Waals surface area contributed by atoms with Gasteiger partial charge in [0.05, 0.1) is 0 Å². The van der Waals surface area contributed by atoms with Gasteiger partial charge in [0.15, 0.2) is 5.70 Å². The van der Waals surface area contributed by atoms with Gasteiger partial charge in [-0.3, -0.25) is 20.2 Å². The van der Waals surface area contributed by atoms with Crippen LogP contribution >= 0.6 is 0 Å². The van der Waals surface area contributed by atoms with E-state index < -0.39 is 15.7 Å². The van der Waals surface area contributed by atoms with Crippen LogP contribution in [-0.4, -0.2) is 42.2 Å². The van der Waals surface area contributed by atoms with E-state index in [2.05, 4.69) is 10.6 Å². The first kappa shape index (κ1) is 17.6. The molecule has 0 aliphatic rings. The van der Waals surface area contributed by atoms with Gasteiger partial charge in [-0.1, -0.05) is 0 Å². The minimum absolute atomic E-state index is 0.00866. The fraction of sp³-hybridized carbons (Fsp3) is 0.750. The number of nitro groups is 2. The van der Waals surface area contributed by atoms with E-state index in [0.29, 0.717) is 6.54 Å². The summed E-state index contributed by atoms with van der Waals surface area (Å²) in [7, 11) is 3.07. The zero-order valence-corrected chi connectivity index (χ0v) is 10.1. The molecule has 0 aromatic rings. The van der Waals surface area contributed by atoms with E-state index >= 15 is 0 Å². The van der Waals surface area contributed by atoms with Crippen LogP contribution in [0, 0.1) is 20.2 Å². The second kappa shape index (κ2) is 10.8. The molecule has 0 radical (unpaired) electrons. The number of nitrogens with zero attached hydrogens (tertiary/aromatic N) is 2. The monoisotopic (exact) mass is 250 g/mol. The lowest BCUT2D eigenvalue weighted by molar-refractivity contribution is -0.617. The van der Waals surface area contributed by atoms with Gasteiger partial charge in [0.2, 0.25) is 0 Å². The van der Waals surface area contributed by atoms with Crippen molar-refractivity contribution < 1.29 is 15.0 Å². The lowest BCUT2D eigenvalue weighted by Gasteiger charge is -2.02. The Hall–Kier alpha value is -1.74. The molecule has 0 fully saturated rings. The summed E-state index contributed by atoms with van der Waals surface area (Å²) < 4.78 is 0. The molecule has 0 aromatic carbocycles. The van der Waals surface area contributed by atoms with Gasteiger partial charge in [-0.05, 0) is 14.0 Å². The molecule has 0 aliphatic heterocycles. The third kappa shape index (κ3) is 8.11. The van der Waals surface area contributed by atoms with Crippen LogP contribution in [0.5, 0.6) is 0 Å². The van der Waals surface area contributed by atoms with Gasteiger partial charge in [0, 0.05) is 26.6 Å². The van der Waals surface area contributed by atoms with Crippen molar-refractivity contribution in [3.63, 3.8) is 0 Å². The molecule has 0 aliphatic carbocycles. The Morgan fingerprint density at radius 2 is 1.65 bits per heavy atom. The summed E-state index contributed by atoms with van der Waals surface area (Å²) in [4.78, 5) is 18.7. The van der Waals surface area contributed by atoms with Crippen molar-refractivity contribution in [2.45, 2.75) is 13.3 Å². The van der Waals surface area contributed by atoms with E-state index in [0.717, 1.165) is 0 Å². The van der Waals surface area contributed by atoms with E-state index in [-0.39, 0.29) is 18.7 Å². The first-order valence-corrected chi connectivity index (χ1v) is 4.91. The Balaban J connectivity index is 0. The van der Waals surface area contributed by atoms with Crippen LogP contribution in [0.4, 0.5) is 0 Å². The maximum Gasteiger partial charge on any atom is 0.577 e. The third-order valence-electron chi connectivity index (χ3n) is 1.54. The van der Waals surface area contributed by atoms with Gasteiger partial charge in [-0.2, -0.15) is 0 Å². The number of nitrogens with one attached hydrogen (secondary N) is 2. The Morgan fingerprint density at radius 1 is 1.24 bits per heavy atom. The highest BCUT2D eigenvalue weighted by atomic mass is 16.7. The van der Waals surface area contributed by atoms with Crippen molar-refractivity contribution in [1.82, 2.24) is 10.6 Å². The standard InChI is InChI=1S/C6H12N4O4.C2H6O/c1-7-4-3-5(8-2)6(9(11)12)10(13)14;1-2-3/h7-8H,3-4H2,1-2H3;3H,2H2,1H3. The maximum absolute atomic E-state index is 10.4. The Labute approximate surface area is 98.8 Å². The van der Waals surface area contributed by atoms with Crippen LogP contribution in [0.15, 0.2) is 11.5 Å². The number of aliphatic hydroxyl groups is 1. The van der Waals surface area contributed by atoms with E-state index in [1.54, 1.807) is 14.0 Å². The molecule has 100 valence electrons. The number of aliphatic hydroxyl groups excluding tert-OH is 1. The summed E-state index contributed by atoms with van der Waals surface area (Å²) in [6.07, 6.45) is 0.213. The average molecular weight is 250 g/mol. The topological polar surface area (TPSA) is 131 Å². The predicted molar refractivity (Wildman–Crippen MR) is 61.4 cm³/mol. The number of rotatable bonds is 6. The number of hydrogen-bond donors (Lipinski definition) is 3. The maximum atomic E-state index is 10.4. The molecule has 0 amide bonds. The van der Waals surface area contributed by atoms with Gasteiger partial charge in [-0.25, -0.2) is 0 Å². The fourth-order valence-electron chi connectivity index (χ4n) is 0.886. The number of hydrogen-bond acceptors (Lipinski definition) is 7. The van der Waals surface area contributed by atoms with Crippen molar-refractivity contribution in [2.75, 3.05) is 27.2 Å². The van der Waals surface area contributed by atoms with Gasteiger partial charge >= 0.3 is 5.82 Å². The molecule has 3 N–H and O–H groups in total. The molecular formula is C8H18N4O5. The SMILES string of the molecule is CCO.CNCCC(NC)=C([N+](=O)[O-])[N+](=O)[O-]. The molecule has 9 nitrogen and oxygen atoms in total. The first-order chi connectivity index (χ1) is 7.95. The molecule has 0 saturated carbocycles. The molecule has 0 aromatic heterocycles. The molecule has 0 atom stereocenters. The predicted octanol–water partition coefficient (Wildman–Crippen LogP) is -0.464. The summed E-state index contributed by atoms with van der Waals surface area (Å²) in [5, 5.41) is 33.5. The third-order valence-corrected chi connectivity index (χ3v) is 1.54. The van der Waals surface area contributed by atoms with Crippen LogP contribution in [0.2, 0.25) is 0 Å². The highest BCUT2D eigenvalue weighted by Crippen LogP contribution is 2.06. The van der Waals surface area contributed by atoms with Gasteiger partial charge < -0.3 is 15.7 Å². The van der Waals surface area contributed by atoms with Gasteiger partial charge in [0.1, 0.15) is 9.85 Å². The van der Waals surface area contributed by atoms with Crippen LogP contribution in [-0.2, 0) is 0 Å². The van der Waals surface area contributed by atoms with Crippen LogP contribution in [0.3, 0.4) is 0 Å². The average Bonchev–Trinajstić information content (AvgIpc) is 2.23. The molecule has 0 heterocycles. The van der Waals surface area contributed by atoms with Crippen molar-refractivity contribution in [2.24, 2.45) is 0 Å². The molecule has 0 spiro atoms. The van der Waals surface area contributed by atoms with Gasteiger partial charge in [-0.15, -0.1) is 0 Å². The smallest absolute Gasteiger partial charge is 0.397 e. The Bertz CT molecular complexity index is 263. The second-order valence-electron chi connectivity index (χ2n) is 2.74. The van der Waals surface area contributed by atoms with E-state index in [1.165, 1.54) is 7.05 Å². The molecule has 0 rings (SSSR count). The lowest BCUT2D eigenvalue weighted by atomic mass is 10.3. The highest BCUT2D eigenvalue weighted by molar-refractivity contribution is 4.99. The Morgan fingerprint density at radius 3 is 1.88 bits per heavy atom. The minimum Gasteiger partial charge on any atom is -0.397 e. The zero-order chi connectivity index (χ0) is 13.8. The highest BCUT2D eigenvalue weighted by Gasteiger charge is 2.30. The van der Waals surface area contributed by atoms with E-state index in [9.17, 15) is 20.2 Å². The van der Waals surface area contributed by atoms with Crippen LogP contribution in [0.25, 0.3) is 0 Å². The second-order valence-corrected chi connectivity index (χ2v) is 2.74. The molecule has 17 heavy (non-hydrogen) atoms. The molecular weight excluding hydrogens is 232 g/mol. The molecule has 0 saturated heterocycles. The summed E-state index contributed by atoms with van der Waals surface area (Å²) in [6.45, 7) is 2.36. The lowest BCUT2D eigenvalue weighted by Crippen LogP contribution is -2.22. The fourth-order valence-corrected chi connectivity index (χ4v) is 0.886. The summed E-state index contributed by atoms with van der Waals surface area (Å²) in [5.41, 5.74) is 0.00866. The quantitative estimate of drug-likeness (QED) is 0.429. The molecule has 0 bridgehead atoms.